The van der Waals surface area contributed by atoms with Gasteiger partial charge in [-0.2, -0.15) is 0 Å². The smallest absolute Gasteiger partial charge is 0.278 e. The summed E-state index contributed by atoms with van der Waals surface area (Å²) < 4.78 is 11.2. The molecule has 2 amide bonds. The van der Waals surface area contributed by atoms with Crippen LogP contribution in [0.25, 0.3) is 5.57 Å². The third-order valence-corrected chi connectivity index (χ3v) is 5.29. The number of nitrogens with one attached hydrogen (secondary N) is 1. The minimum absolute atomic E-state index is 0.158. The highest BCUT2D eigenvalue weighted by Gasteiger charge is 2.39. The summed E-state index contributed by atoms with van der Waals surface area (Å²) >= 11 is 0. The van der Waals surface area contributed by atoms with Crippen molar-refractivity contribution in [3.05, 3.63) is 89.9 Å². The number of carbonyl (C=O) groups is 2. The second-order valence-electron chi connectivity index (χ2n) is 7.76. The average molecular weight is 458 g/mol. The first-order valence-corrected chi connectivity index (χ1v) is 11.3. The van der Waals surface area contributed by atoms with E-state index < -0.39 is 0 Å². The first kappa shape index (κ1) is 23.0. The van der Waals surface area contributed by atoms with Gasteiger partial charge in [-0.25, -0.2) is 0 Å². The summed E-state index contributed by atoms with van der Waals surface area (Å²) in [6.07, 6.45) is 4.18. The predicted octanol–water partition coefficient (Wildman–Crippen LogP) is 4.66. The lowest BCUT2D eigenvalue weighted by molar-refractivity contribution is -0.137. The molecule has 1 aliphatic rings. The van der Waals surface area contributed by atoms with Crippen LogP contribution in [-0.2, 0) is 16.1 Å². The van der Waals surface area contributed by atoms with Crippen molar-refractivity contribution in [2.45, 2.75) is 26.8 Å². The molecule has 7 heteroatoms. The number of rotatable bonds is 10. The van der Waals surface area contributed by atoms with E-state index >= 15 is 0 Å². The van der Waals surface area contributed by atoms with Gasteiger partial charge in [-0.05, 0) is 60.9 Å². The largest absolute Gasteiger partial charge is 0.494 e. The van der Waals surface area contributed by atoms with Crippen LogP contribution in [0.5, 0.6) is 11.5 Å². The van der Waals surface area contributed by atoms with Crippen molar-refractivity contribution >= 4 is 23.1 Å². The van der Waals surface area contributed by atoms with Gasteiger partial charge in [0.25, 0.3) is 11.8 Å². The zero-order valence-corrected chi connectivity index (χ0v) is 19.3. The number of carbonyl (C=O) groups excluding carboxylic acids is 2. The number of anilines is 1. The van der Waals surface area contributed by atoms with Crippen LogP contribution in [0.2, 0.25) is 0 Å². The highest BCUT2D eigenvalue weighted by atomic mass is 16.5. The summed E-state index contributed by atoms with van der Waals surface area (Å²) in [6.45, 7) is 5.25. The summed E-state index contributed by atoms with van der Waals surface area (Å²) in [5.74, 6) is 0.658. The number of pyridine rings is 1. The minimum atomic E-state index is -0.384. The zero-order chi connectivity index (χ0) is 23.9. The van der Waals surface area contributed by atoms with Crippen molar-refractivity contribution < 1.29 is 19.1 Å². The van der Waals surface area contributed by atoms with Crippen LogP contribution in [0.4, 0.5) is 5.69 Å². The fraction of sp³-hybridized carbons (Fsp3) is 0.222. The molecule has 0 bridgehead atoms. The van der Waals surface area contributed by atoms with Gasteiger partial charge in [-0.1, -0.05) is 25.1 Å². The number of hydrogen-bond acceptors (Lipinski definition) is 6. The Morgan fingerprint density at radius 2 is 1.65 bits per heavy atom. The minimum Gasteiger partial charge on any atom is -0.494 e. The van der Waals surface area contributed by atoms with Gasteiger partial charge in [-0.15, -0.1) is 0 Å². The molecule has 0 saturated heterocycles. The van der Waals surface area contributed by atoms with Crippen LogP contribution in [0.3, 0.4) is 0 Å². The van der Waals surface area contributed by atoms with Crippen molar-refractivity contribution in [2.24, 2.45) is 0 Å². The Labute approximate surface area is 199 Å². The Morgan fingerprint density at radius 1 is 0.882 bits per heavy atom. The second-order valence-corrected chi connectivity index (χ2v) is 7.76. The molecule has 7 nitrogen and oxygen atoms in total. The van der Waals surface area contributed by atoms with E-state index in [9.17, 15) is 9.59 Å². The normalized spacial score (nSPS) is 13.4. The van der Waals surface area contributed by atoms with Crippen LogP contribution in [0.15, 0.2) is 78.8 Å². The van der Waals surface area contributed by atoms with Gasteiger partial charge >= 0.3 is 0 Å². The van der Waals surface area contributed by atoms with Gasteiger partial charge in [0.15, 0.2) is 0 Å². The van der Waals surface area contributed by atoms with Crippen molar-refractivity contribution in [3.8, 4) is 11.5 Å². The van der Waals surface area contributed by atoms with E-state index in [1.165, 1.54) is 4.90 Å². The molecule has 0 unspecified atom stereocenters. The highest BCUT2D eigenvalue weighted by molar-refractivity contribution is 6.36. The molecule has 0 aliphatic carbocycles. The number of ether oxygens (including phenoxy) is 2. The Morgan fingerprint density at radius 3 is 2.35 bits per heavy atom. The van der Waals surface area contributed by atoms with Crippen molar-refractivity contribution in [3.63, 3.8) is 0 Å². The second kappa shape index (κ2) is 10.7. The number of nitrogens with zero attached hydrogens (tertiary/aromatic N) is 2. The Balaban J connectivity index is 1.69. The van der Waals surface area contributed by atoms with E-state index in [2.05, 4.69) is 10.3 Å². The topological polar surface area (TPSA) is 80.8 Å². The molecule has 3 aromatic rings. The molecule has 34 heavy (non-hydrogen) atoms. The van der Waals surface area contributed by atoms with Crippen molar-refractivity contribution in [2.75, 3.05) is 18.5 Å². The molecule has 0 fully saturated rings. The maximum atomic E-state index is 13.5. The van der Waals surface area contributed by atoms with Gasteiger partial charge < -0.3 is 14.8 Å². The van der Waals surface area contributed by atoms with E-state index in [0.29, 0.717) is 35.8 Å². The summed E-state index contributed by atoms with van der Waals surface area (Å²) in [7, 11) is 0. The highest BCUT2D eigenvalue weighted by Crippen LogP contribution is 2.33. The number of imide groups is 1. The van der Waals surface area contributed by atoms with Gasteiger partial charge in [-0.3, -0.25) is 19.5 Å². The SMILES string of the molecule is CCCOc1ccc(C2=C(Nc3cccc(OCC)c3)C(=O)N(Cc3ccncc3)C2=O)cc1. The summed E-state index contributed by atoms with van der Waals surface area (Å²) in [5, 5.41) is 3.18. The predicted molar refractivity (Wildman–Crippen MR) is 130 cm³/mol. The lowest BCUT2D eigenvalue weighted by atomic mass is 10.0. The quantitative estimate of drug-likeness (QED) is 0.446. The monoisotopic (exact) mass is 457 g/mol. The molecule has 1 aliphatic heterocycles. The maximum Gasteiger partial charge on any atom is 0.278 e. The Kier molecular flexibility index (Phi) is 7.22. The van der Waals surface area contributed by atoms with Crippen molar-refractivity contribution in [1.29, 1.82) is 0 Å². The fourth-order valence-corrected chi connectivity index (χ4v) is 3.69. The molecular formula is C27H27N3O4. The molecular weight excluding hydrogens is 430 g/mol. The molecule has 4 rings (SSSR count). The number of benzene rings is 2. The third kappa shape index (κ3) is 5.09. The number of amides is 2. The molecule has 1 N–H and O–H groups in total. The number of hydrogen-bond donors (Lipinski definition) is 1. The Bertz CT molecular complexity index is 1190. The van der Waals surface area contributed by atoms with E-state index in [1.807, 2.05) is 44.2 Å². The molecule has 1 aromatic heterocycles. The Hall–Kier alpha value is -4.13. The molecule has 2 heterocycles. The van der Waals surface area contributed by atoms with E-state index in [-0.39, 0.29) is 24.1 Å². The molecule has 174 valence electrons. The fourth-order valence-electron chi connectivity index (χ4n) is 3.69. The first-order chi connectivity index (χ1) is 16.6. The van der Waals surface area contributed by atoms with Crippen LogP contribution < -0.4 is 14.8 Å². The summed E-state index contributed by atoms with van der Waals surface area (Å²) in [5.41, 5.74) is 2.67. The van der Waals surface area contributed by atoms with Crippen LogP contribution >= 0.6 is 0 Å². The average Bonchev–Trinajstić information content (AvgIpc) is 3.08. The van der Waals surface area contributed by atoms with Gasteiger partial charge in [0.1, 0.15) is 17.2 Å². The van der Waals surface area contributed by atoms with Crippen LogP contribution in [-0.4, -0.2) is 34.9 Å². The summed E-state index contributed by atoms with van der Waals surface area (Å²) in [4.78, 5) is 32.2. The van der Waals surface area contributed by atoms with E-state index in [1.54, 1.807) is 42.7 Å². The standard InChI is InChI=1S/C27H27N3O4/c1-3-16-34-22-10-8-20(9-11-22)24-25(29-21-6-5-7-23(17-21)33-4-2)27(32)30(26(24)31)18-19-12-14-28-15-13-19/h5-15,17,29H,3-4,16,18H2,1-2H3. The molecule has 0 radical (unpaired) electrons. The summed E-state index contributed by atoms with van der Waals surface area (Å²) in [6, 6.07) is 18.1. The van der Waals surface area contributed by atoms with Gasteiger partial charge in [0, 0.05) is 24.1 Å². The molecule has 0 spiro atoms. The van der Waals surface area contributed by atoms with Crippen LogP contribution in [0, 0.1) is 0 Å². The van der Waals surface area contributed by atoms with Gasteiger partial charge in [0.2, 0.25) is 0 Å². The van der Waals surface area contributed by atoms with Gasteiger partial charge in [0.05, 0.1) is 25.3 Å². The molecule has 2 aromatic carbocycles. The zero-order valence-electron chi connectivity index (χ0n) is 19.3. The first-order valence-electron chi connectivity index (χ1n) is 11.3. The van der Waals surface area contributed by atoms with Crippen molar-refractivity contribution in [1.82, 2.24) is 9.88 Å². The maximum absolute atomic E-state index is 13.5. The third-order valence-electron chi connectivity index (χ3n) is 5.29. The number of aromatic nitrogens is 1. The van der Waals surface area contributed by atoms with Crippen LogP contribution in [0.1, 0.15) is 31.4 Å². The lowest BCUT2D eigenvalue weighted by Gasteiger charge is -2.15. The van der Waals surface area contributed by atoms with E-state index in [4.69, 9.17) is 9.47 Å². The molecule has 0 saturated carbocycles. The molecule has 0 atom stereocenters. The lowest BCUT2D eigenvalue weighted by Crippen LogP contribution is -2.32. The van der Waals surface area contributed by atoms with E-state index in [0.717, 1.165) is 17.7 Å².